The molecule has 0 radical (unpaired) electrons. The molecule has 0 amide bonds. The third-order valence-corrected chi connectivity index (χ3v) is 4.52. The molecule has 0 aliphatic heterocycles. The molecule has 2 rings (SSSR count). The number of methoxy groups -OCH3 is 4. The van der Waals surface area contributed by atoms with E-state index in [1.165, 1.54) is 0 Å². The van der Waals surface area contributed by atoms with Crippen LogP contribution in [0.2, 0.25) is 5.02 Å². The lowest BCUT2D eigenvalue weighted by Gasteiger charge is -2.16. The Morgan fingerprint density at radius 1 is 0.786 bits per heavy atom. The number of benzene rings is 2. The van der Waals surface area contributed by atoms with Crippen LogP contribution in [0, 0.1) is 0 Å². The largest absolute Gasteiger partial charge is 0.493 e. The molecule has 0 unspecified atom stereocenters. The van der Waals surface area contributed by atoms with Gasteiger partial charge in [0, 0.05) is 24.2 Å². The van der Waals surface area contributed by atoms with Gasteiger partial charge in [-0.15, -0.1) is 0 Å². The summed E-state index contributed by atoms with van der Waals surface area (Å²) in [6, 6.07) is 7.51. The predicted octanol–water partition coefficient (Wildman–Crippen LogP) is 4.45. The normalized spacial score (nSPS) is 10.5. The van der Waals surface area contributed by atoms with Gasteiger partial charge in [-0.3, -0.25) is 0 Å². The van der Waals surface area contributed by atoms with Crippen LogP contribution in [-0.4, -0.2) is 35.0 Å². The van der Waals surface area contributed by atoms with E-state index in [2.05, 4.69) is 12.2 Å². The summed E-state index contributed by atoms with van der Waals surface area (Å²) >= 11 is 6.35. The van der Waals surface area contributed by atoms with Crippen LogP contribution in [0.5, 0.6) is 28.7 Å². The van der Waals surface area contributed by atoms with Gasteiger partial charge in [0.05, 0.1) is 35.0 Å². The van der Waals surface area contributed by atoms with E-state index in [1.807, 2.05) is 18.2 Å². The maximum atomic E-state index is 6.35. The van der Waals surface area contributed by atoms with Crippen molar-refractivity contribution < 1.29 is 23.7 Å². The Hall–Kier alpha value is -2.31. The quantitative estimate of drug-likeness (QED) is 0.591. The number of ether oxygens (including phenoxy) is 5. The zero-order chi connectivity index (χ0) is 20.5. The second-order valence-corrected chi connectivity index (χ2v) is 6.49. The Morgan fingerprint density at radius 2 is 1.36 bits per heavy atom. The minimum Gasteiger partial charge on any atom is -0.493 e. The summed E-state index contributed by atoms with van der Waals surface area (Å²) in [5.41, 5.74) is 1.93. The van der Waals surface area contributed by atoms with E-state index in [0.29, 0.717) is 53.5 Å². The first-order valence-electron chi connectivity index (χ1n) is 9.06. The molecule has 0 fully saturated rings. The van der Waals surface area contributed by atoms with Gasteiger partial charge < -0.3 is 29.0 Å². The number of hydrogen-bond acceptors (Lipinski definition) is 6. The molecule has 1 N–H and O–H groups in total. The van der Waals surface area contributed by atoms with Gasteiger partial charge in [-0.05, 0) is 35.7 Å². The molecule has 2 aromatic rings. The van der Waals surface area contributed by atoms with Crippen LogP contribution in [0.1, 0.15) is 24.5 Å². The van der Waals surface area contributed by atoms with Gasteiger partial charge >= 0.3 is 0 Å². The summed E-state index contributed by atoms with van der Waals surface area (Å²) in [6.07, 6.45) is 0.904. The van der Waals surface area contributed by atoms with Gasteiger partial charge in [-0.25, -0.2) is 0 Å². The van der Waals surface area contributed by atoms with Gasteiger partial charge in [0.15, 0.2) is 23.0 Å². The number of rotatable bonds is 11. The minimum absolute atomic E-state index is 0.567. The van der Waals surface area contributed by atoms with Gasteiger partial charge in [-0.1, -0.05) is 18.5 Å². The van der Waals surface area contributed by atoms with Crippen molar-refractivity contribution in [1.29, 1.82) is 0 Å². The molecule has 0 aliphatic rings. The molecule has 0 bridgehead atoms. The van der Waals surface area contributed by atoms with E-state index in [1.54, 1.807) is 34.5 Å². The molecule has 28 heavy (non-hydrogen) atoms. The number of hydrogen-bond donors (Lipinski definition) is 1. The average Bonchev–Trinajstić information content (AvgIpc) is 2.72. The maximum Gasteiger partial charge on any atom is 0.203 e. The zero-order valence-electron chi connectivity index (χ0n) is 17.1. The van der Waals surface area contributed by atoms with Crippen LogP contribution in [0.25, 0.3) is 0 Å². The number of nitrogens with one attached hydrogen (secondary N) is 1. The monoisotopic (exact) mass is 409 g/mol. The molecule has 0 spiro atoms. The van der Waals surface area contributed by atoms with Crippen molar-refractivity contribution in [3.8, 4) is 28.7 Å². The molecule has 0 saturated heterocycles. The van der Waals surface area contributed by atoms with Crippen molar-refractivity contribution >= 4 is 11.6 Å². The Kier molecular flexibility index (Phi) is 8.54. The van der Waals surface area contributed by atoms with Crippen LogP contribution < -0.4 is 29.0 Å². The third-order valence-electron chi connectivity index (χ3n) is 4.17. The SMILES string of the molecule is CCCOc1c(OC)cc(CNCc2cc(OC)c(OC)cc2Cl)cc1OC. The van der Waals surface area contributed by atoms with Crippen LogP contribution in [0.4, 0.5) is 0 Å². The first-order valence-corrected chi connectivity index (χ1v) is 9.44. The van der Waals surface area contributed by atoms with Gasteiger partial charge in [0.2, 0.25) is 5.75 Å². The molecule has 0 aromatic heterocycles. The fourth-order valence-corrected chi connectivity index (χ4v) is 2.98. The summed E-state index contributed by atoms with van der Waals surface area (Å²) in [6.45, 7) is 3.82. The smallest absolute Gasteiger partial charge is 0.203 e. The van der Waals surface area contributed by atoms with E-state index in [9.17, 15) is 0 Å². The second kappa shape index (κ2) is 10.9. The minimum atomic E-state index is 0.567. The first-order chi connectivity index (χ1) is 13.6. The van der Waals surface area contributed by atoms with Crippen LogP contribution in [-0.2, 0) is 13.1 Å². The molecule has 7 heteroatoms. The highest BCUT2D eigenvalue weighted by atomic mass is 35.5. The summed E-state index contributed by atoms with van der Waals surface area (Å²) in [4.78, 5) is 0. The van der Waals surface area contributed by atoms with Crippen LogP contribution in [0.3, 0.4) is 0 Å². The highest BCUT2D eigenvalue weighted by molar-refractivity contribution is 6.31. The molecule has 2 aromatic carbocycles. The van der Waals surface area contributed by atoms with Crippen LogP contribution in [0.15, 0.2) is 24.3 Å². The van der Waals surface area contributed by atoms with Gasteiger partial charge in [0.25, 0.3) is 0 Å². The van der Waals surface area contributed by atoms with E-state index < -0.39 is 0 Å². The molecule has 0 saturated carbocycles. The van der Waals surface area contributed by atoms with Gasteiger partial charge in [-0.2, -0.15) is 0 Å². The Bertz CT molecular complexity index is 757. The summed E-state index contributed by atoms with van der Waals surface area (Å²) in [7, 11) is 6.42. The van der Waals surface area contributed by atoms with E-state index in [0.717, 1.165) is 17.5 Å². The lowest BCUT2D eigenvalue weighted by atomic mass is 10.1. The fraction of sp³-hybridized carbons (Fsp3) is 0.429. The molecule has 0 atom stereocenters. The van der Waals surface area contributed by atoms with Crippen molar-refractivity contribution in [3.05, 3.63) is 40.4 Å². The number of halogens is 1. The fourth-order valence-electron chi connectivity index (χ4n) is 2.76. The van der Waals surface area contributed by atoms with Crippen molar-refractivity contribution in [2.45, 2.75) is 26.4 Å². The van der Waals surface area contributed by atoms with E-state index in [4.69, 9.17) is 35.3 Å². The summed E-state index contributed by atoms with van der Waals surface area (Å²) < 4.78 is 27.3. The summed E-state index contributed by atoms with van der Waals surface area (Å²) in [5.74, 6) is 3.17. The van der Waals surface area contributed by atoms with Gasteiger partial charge in [0.1, 0.15) is 0 Å². The third kappa shape index (κ3) is 5.36. The highest BCUT2D eigenvalue weighted by Gasteiger charge is 2.14. The lowest BCUT2D eigenvalue weighted by Crippen LogP contribution is -2.13. The topological polar surface area (TPSA) is 58.2 Å². The molecule has 0 heterocycles. The zero-order valence-corrected chi connectivity index (χ0v) is 17.8. The van der Waals surface area contributed by atoms with Crippen molar-refractivity contribution in [1.82, 2.24) is 5.32 Å². The Morgan fingerprint density at radius 3 is 1.89 bits per heavy atom. The van der Waals surface area contributed by atoms with Crippen LogP contribution >= 0.6 is 11.6 Å². The van der Waals surface area contributed by atoms with Crippen molar-refractivity contribution in [2.75, 3.05) is 35.0 Å². The lowest BCUT2D eigenvalue weighted by molar-refractivity contribution is 0.274. The molecule has 0 aliphatic carbocycles. The molecular formula is C21H28ClNO5. The predicted molar refractivity (Wildman–Crippen MR) is 110 cm³/mol. The average molecular weight is 410 g/mol. The first kappa shape index (κ1) is 22.0. The second-order valence-electron chi connectivity index (χ2n) is 6.08. The maximum absolute atomic E-state index is 6.35. The Labute approximate surface area is 171 Å². The Balaban J connectivity index is 2.12. The molecular weight excluding hydrogens is 382 g/mol. The van der Waals surface area contributed by atoms with Crippen molar-refractivity contribution in [3.63, 3.8) is 0 Å². The standard InChI is InChI=1S/C21H28ClNO5/c1-6-7-28-21-19(26-4)8-14(9-20(21)27-5)12-23-13-15-10-17(24-2)18(25-3)11-16(15)22/h8-11,23H,6-7,12-13H2,1-5H3. The van der Waals surface area contributed by atoms with E-state index >= 15 is 0 Å². The highest BCUT2D eigenvalue weighted by Crippen LogP contribution is 2.39. The molecule has 6 nitrogen and oxygen atoms in total. The van der Waals surface area contributed by atoms with Crippen molar-refractivity contribution in [2.24, 2.45) is 0 Å². The summed E-state index contributed by atoms with van der Waals surface area (Å²) in [5, 5.41) is 3.99. The van der Waals surface area contributed by atoms with E-state index in [-0.39, 0.29) is 0 Å². The molecule has 154 valence electrons.